The molecule has 1 amide bonds. The maximum Gasteiger partial charge on any atom is 0.277 e. The molecule has 1 saturated heterocycles. The number of methoxy groups -OCH3 is 1. The van der Waals surface area contributed by atoms with Crippen molar-refractivity contribution in [2.45, 2.75) is 6.54 Å². The molecule has 0 aromatic heterocycles. The number of hydrazone groups is 1. The number of morpholine rings is 1. The number of rotatable bonds is 8. The molecule has 0 atom stereocenters. The van der Waals surface area contributed by atoms with Gasteiger partial charge in [0.15, 0.2) is 6.61 Å². The first kappa shape index (κ1) is 21.3. The third kappa shape index (κ3) is 6.85. The van der Waals surface area contributed by atoms with Gasteiger partial charge in [-0.1, -0.05) is 15.9 Å². The van der Waals surface area contributed by atoms with E-state index in [0.29, 0.717) is 5.75 Å². The van der Waals surface area contributed by atoms with Crippen LogP contribution >= 0.6 is 15.9 Å². The summed E-state index contributed by atoms with van der Waals surface area (Å²) in [5.41, 5.74) is 4.36. The van der Waals surface area contributed by atoms with Gasteiger partial charge in [0.25, 0.3) is 5.91 Å². The molecule has 29 heavy (non-hydrogen) atoms. The van der Waals surface area contributed by atoms with E-state index >= 15 is 0 Å². The first-order valence-corrected chi connectivity index (χ1v) is 10.1. The van der Waals surface area contributed by atoms with Crippen LogP contribution in [0.1, 0.15) is 11.1 Å². The van der Waals surface area contributed by atoms with Crippen molar-refractivity contribution in [3.8, 4) is 11.5 Å². The highest BCUT2D eigenvalue weighted by Gasteiger charge is 2.14. The lowest BCUT2D eigenvalue weighted by Gasteiger charge is -2.27. The van der Waals surface area contributed by atoms with Gasteiger partial charge in [-0.2, -0.15) is 5.10 Å². The lowest BCUT2D eigenvalue weighted by Crippen LogP contribution is -2.35. The van der Waals surface area contributed by atoms with Gasteiger partial charge in [-0.3, -0.25) is 9.69 Å². The second kappa shape index (κ2) is 10.9. The summed E-state index contributed by atoms with van der Waals surface area (Å²) in [6, 6.07) is 13.2. The molecule has 0 saturated carbocycles. The Morgan fingerprint density at radius 1 is 1.24 bits per heavy atom. The monoisotopic (exact) mass is 461 g/mol. The molecule has 0 spiro atoms. The minimum atomic E-state index is -0.324. The third-order valence-corrected chi connectivity index (χ3v) is 4.89. The topological polar surface area (TPSA) is 72.4 Å². The highest BCUT2D eigenvalue weighted by molar-refractivity contribution is 9.10. The van der Waals surface area contributed by atoms with E-state index in [4.69, 9.17) is 14.2 Å². The first-order chi connectivity index (χ1) is 14.1. The van der Waals surface area contributed by atoms with Crippen LogP contribution < -0.4 is 14.9 Å². The van der Waals surface area contributed by atoms with Crippen LogP contribution in [0.5, 0.6) is 11.5 Å². The number of amides is 1. The third-order valence-electron chi connectivity index (χ3n) is 4.40. The van der Waals surface area contributed by atoms with Gasteiger partial charge in [0.05, 0.1) is 26.5 Å². The largest absolute Gasteiger partial charge is 0.497 e. The van der Waals surface area contributed by atoms with E-state index in [1.54, 1.807) is 13.3 Å². The maximum atomic E-state index is 12.1. The van der Waals surface area contributed by atoms with E-state index in [1.807, 2.05) is 42.5 Å². The molecule has 0 aliphatic carbocycles. The zero-order chi connectivity index (χ0) is 20.5. The summed E-state index contributed by atoms with van der Waals surface area (Å²) in [7, 11) is 1.61. The van der Waals surface area contributed by atoms with E-state index in [2.05, 4.69) is 31.4 Å². The molecular formula is C21H24BrN3O4. The number of nitrogens with zero attached hydrogens (tertiary/aromatic N) is 2. The van der Waals surface area contributed by atoms with Gasteiger partial charge in [0, 0.05) is 29.7 Å². The van der Waals surface area contributed by atoms with Crippen molar-refractivity contribution in [1.82, 2.24) is 10.3 Å². The van der Waals surface area contributed by atoms with Crippen LogP contribution in [-0.4, -0.2) is 57.0 Å². The van der Waals surface area contributed by atoms with E-state index < -0.39 is 0 Å². The fourth-order valence-corrected chi connectivity index (χ4v) is 3.27. The van der Waals surface area contributed by atoms with Crippen molar-refractivity contribution in [3.05, 3.63) is 58.1 Å². The summed E-state index contributed by atoms with van der Waals surface area (Å²) in [5, 5.41) is 3.96. The molecule has 2 aromatic carbocycles. The number of hydrogen-bond donors (Lipinski definition) is 1. The molecular weight excluding hydrogens is 438 g/mol. The molecule has 7 nitrogen and oxygen atoms in total. The van der Waals surface area contributed by atoms with Gasteiger partial charge in [-0.05, 0) is 48.0 Å². The summed E-state index contributed by atoms with van der Waals surface area (Å²) in [4.78, 5) is 14.4. The molecule has 1 aliphatic rings. The van der Waals surface area contributed by atoms with E-state index in [-0.39, 0.29) is 12.5 Å². The van der Waals surface area contributed by atoms with E-state index in [9.17, 15) is 4.79 Å². The highest BCUT2D eigenvalue weighted by atomic mass is 79.9. The van der Waals surface area contributed by atoms with E-state index in [0.717, 1.165) is 54.2 Å². The average Bonchev–Trinajstić information content (AvgIpc) is 2.74. The summed E-state index contributed by atoms with van der Waals surface area (Å²) in [6.07, 6.45) is 1.57. The average molecular weight is 462 g/mol. The van der Waals surface area contributed by atoms with Crippen molar-refractivity contribution >= 4 is 28.1 Å². The molecule has 1 N–H and O–H groups in total. The molecule has 154 valence electrons. The number of nitrogens with one attached hydrogen (secondary N) is 1. The molecule has 1 fully saturated rings. The van der Waals surface area contributed by atoms with Crippen molar-refractivity contribution in [2.24, 2.45) is 5.10 Å². The Balaban J connectivity index is 1.51. The Labute approximate surface area is 178 Å². The Morgan fingerprint density at radius 3 is 2.72 bits per heavy atom. The Bertz CT molecular complexity index is 836. The van der Waals surface area contributed by atoms with Gasteiger partial charge in [0.1, 0.15) is 11.5 Å². The molecule has 1 heterocycles. The number of hydrogen-bond acceptors (Lipinski definition) is 6. The standard InChI is InChI=1S/C21H24BrN3O4/c1-27-19-5-2-16(3-6-19)13-23-24-21(26)15-29-20-7-4-18(22)12-17(20)14-25-8-10-28-11-9-25/h2-7,12-13H,8-11,14-15H2,1H3,(H,24,26)/b23-13+. The predicted molar refractivity (Wildman–Crippen MR) is 114 cm³/mol. The number of carbonyl (C=O) groups is 1. The number of carbonyl (C=O) groups excluding carboxylic acids is 1. The molecule has 1 aliphatic heterocycles. The summed E-state index contributed by atoms with van der Waals surface area (Å²) in [5.74, 6) is 1.13. The van der Waals surface area contributed by atoms with Gasteiger partial charge in [-0.15, -0.1) is 0 Å². The smallest absolute Gasteiger partial charge is 0.277 e. The zero-order valence-corrected chi connectivity index (χ0v) is 17.9. The van der Waals surface area contributed by atoms with Crippen LogP contribution in [0.25, 0.3) is 0 Å². The number of ether oxygens (including phenoxy) is 3. The Hall–Kier alpha value is -2.42. The van der Waals surface area contributed by atoms with Gasteiger partial charge < -0.3 is 14.2 Å². The highest BCUT2D eigenvalue weighted by Crippen LogP contribution is 2.25. The molecule has 0 unspecified atom stereocenters. The summed E-state index contributed by atoms with van der Waals surface area (Å²) >= 11 is 3.50. The minimum Gasteiger partial charge on any atom is -0.497 e. The van der Waals surface area contributed by atoms with Crippen molar-refractivity contribution < 1.29 is 19.0 Å². The molecule has 2 aromatic rings. The zero-order valence-electron chi connectivity index (χ0n) is 16.3. The normalized spacial score (nSPS) is 14.7. The lowest BCUT2D eigenvalue weighted by atomic mass is 10.2. The fourth-order valence-electron chi connectivity index (χ4n) is 2.86. The fraction of sp³-hybridized carbons (Fsp3) is 0.333. The second-order valence-corrected chi connectivity index (χ2v) is 7.41. The van der Waals surface area contributed by atoms with Gasteiger partial charge >= 0.3 is 0 Å². The number of halogens is 1. The van der Waals surface area contributed by atoms with Crippen LogP contribution in [0.4, 0.5) is 0 Å². The van der Waals surface area contributed by atoms with Crippen LogP contribution in [0, 0.1) is 0 Å². The first-order valence-electron chi connectivity index (χ1n) is 9.31. The van der Waals surface area contributed by atoms with Crippen molar-refractivity contribution in [2.75, 3.05) is 40.0 Å². The molecule has 0 radical (unpaired) electrons. The molecule has 3 rings (SSSR count). The summed E-state index contributed by atoms with van der Waals surface area (Å²) < 4.78 is 17.2. The van der Waals surface area contributed by atoms with Crippen molar-refractivity contribution in [3.63, 3.8) is 0 Å². The minimum absolute atomic E-state index is 0.113. The number of benzene rings is 2. The molecule has 0 bridgehead atoms. The van der Waals surface area contributed by atoms with Crippen LogP contribution in [0.3, 0.4) is 0 Å². The molecule has 8 heteroatoms. The summed E-state index contributed by atoms with van der Waals surface area (Å²) in [6.45, 7) is 3.86. The lowest BCUT2D eigenvalue weighted by molar-refractivity contribution is -0.123. The maximum absolute atomic E-state index is 12.1. The van der Waals surface area contributed by atoms with Crippen LogP contribution in [-0.2, 0) is 16.1 Å². The Morgan fingerprint density at radius 2 is 2.00 bits per heavy atom. The quantitative estimate of drug-likeness (QED) is 0.483. The Kier molecular flexibility index (Phi) is 8.03. The van der Waals surface area contributed by atoms with Gasteiger partial charge in [0.2, 0.25) is 0 Å². The van der Waals surface area contributed by atoms with Crippen molar-refractivity contribution in [1.29, 1.82) is 0 Å². The SMILES string of the molecule is COc1ccc(/C=N/NC(=O)COc2ccc(Br)cc2CN2CCOCC2)cc1. The second-order valence-electron chi connectivity index (χ2n) is 6.50. The van der Waals surface area contributed by atoms with Crippen LogP contribution in [0.15, 0.2) is 52.0 Å². The van der Waals surface area contributed by atoms with E-state index in [1.165, 1.54) is 0 Å². The predicted octanol–water partition coefficient (Wildman–Crippen LogP) is 2.82. The van der Waals surface area contributed by atoms with Crippen LogP contribution in [0.2, 0.25) is 0 Å². The van der Waals surface area contributed by atoms with Gasteiger partial charge in [-0.25, -0.2) is 5.43 Å².